The van der Waals surface area contributed by atoms with Crippen molar-refractivity contribution in [1.29, 1.82) is 5.41 Å². The summed E-state index contributed by atoms with van der Waals surface area (Å²) in [6.45, 7) is 4.22. The molecule has 19 heavy (non-hydrogen) atoms. The summed E-state index contributed by atoms with van der Waals surface area (Å²) in [5.41, 5.74) is 8.65. The molecular formula is C15H19N3S. The first-order chi connectivity index (χ1) is 9.00. The summed E-state index contributed by atoms with van der Waals surface area (Å²) in [6.07, 6.45) is 0. The topological polar surface area (TPSA) is 53.1 Å². The lowest BCUT2D eigenvalue weighted by molar-refractivity contribution is 0.753. The predicted octanol–water partition coefficient (Wildman–Crippen LogP) is 3.54. The molecule has 1 aromatic carbocycles. The normalized spacial score (nSPS) is 12.2. The van der Waals surface area contributed by atoms with Crippen LogP contribution >= 0.6 is 11.3 Å². The Labute approximate surface area is 118 Å². The standard InChI is InChI=1S/C15H19N3S/c1-10-6-7-12(15(16)17)13(9-10)18(3)11(2)14-5-4-8-19-14/h4-9,11H,1-3H3,(H3,16,17). The number of nitrogens with two attached hydrogens (primary N) is 1. The Morgan fingerprint density at radius 2 is 2.11 bits per heavy atom. The molecule has 1 unspecified atom stereocenters. The van der Waals surface area contributed by atoms with Gasteiger partial charge >= 0.3 is 0 Å². The molecule has 0 bridgehead atoms. The lowest BCUT2D eigenvalue weighted by Gasteiger charge is -2.28. The van der Waals surface area contributed by atoms with Gasteiger partial charge in [-0.05, 0) is 43.0 Å². The van der Waals surface area contributed by atoms with E-state index < -0.39 is 0 Å². The van der Waals surface area contributed by atoms with Crippen LogP contribution in [0.15, 0.2) is 35.7 Å². The zero-order valence-electron chi connectivity index (χ0n) is 11.5. The first-order valence-electron chi connectivity index (χ1n) is 6.22. The van der Waals surface area contributed by atoms with Crippen LogP contribution in [-0.2, 0) is 0 Å². The fourth-order valence-electron chi connectivity index (χ4n) is 2.09. The molecule has 2 aromatic rings. The van der Waals surface area contributed by atoms with E-state index in [-0.39, 0.29) is 11.9 Å². The number of hydrogen-bond donors (Lipinski definition) is 2. The maximum absolute atomic E-state index is 7.71. The second-order valence-corrected chi connectivity index (χ2v) is 5.72. The number of hydrogen-bond acceptors (Lipinski definition) is 3. The van der Waals surface area contributed by atoms with Crippen molar-refractivity contribution in [1.82, 2.24) is 0 Å². The molecule has 0 aliphatic heterocycles. The molecule has 0 fully saturated rings. The third-order valence-corrected chi connectivity index (χ3v) is 4.40. The van der Waals surface area contributed by atoms with Crippen LogP contribution in [0.5, 0.6) is 0 Å². The number of anilines is 1. The van der Waals surface area contributed by atoms with Gasteiger partial charge in [0.15, 0.2) is 0 Å². The minimum atomic E-state index is 0.111. The van der Waals surface area contributed by atoms with Crippen LogP contribution in [0.4, 0.5) is 5.69 Å². The summed E-state index contributed by atoms with van der Waals surface area (Å²) in [5.74, 6) is 0.111. The van der Waals surface area contributed by atoms with Gasteiger partial charge in [0.05, 0.1) is 6.04 Å². The van der Waals surface area contributed by atoms with Gasteiger partial charge in [0.2, 0.25) is 0 Å². The summed E-state index contributed by atoms with van der Waals surface area (Å²) in [5, 5.41) is 9.79. The van der Waals surface area contributed by atoms with Gasteiger partial charge in [-0.15, -0.1) is 11.3 Å². The summed E-state index contributed by atoms with van der Waals surface area (Å²) >= 11 is 1.75. The Bertz CT molecular complexity index is 575. The van der Waals surface area contributed by atoms with Crippen molar-refractivity contribution in [2.24, 2.45) is 5.73 Å². The minimum absolute atomic E-state index is 0.111. The van der Waals surface area contributed by atoms with Crippen molar-refractivity contribution < 1.29 is 0 Å². The summed E-state index contributed by atoms with van der Waals surface area (Å²) in [7, 11) is 2.05. The fourth-order valence-corrected chi connectivity index (χ4v) is 2.92. The quantitative estimate of drug-likeness (QED) is 0.661. The maximum atomic E-state index is 7.71. The molecule has 3 N–H and O–H groups in total. The summed E-state index contributed by atoms with van der Waals surface area (Å²) < 4.78 is 0. The van der Waals surface area contributed by atoms with E-state index in [0.29, 0.717) is 0 Å². The monoisotopic (exact) mass is 273 g/mol. The molecule has 1 heterocycles. The van der Waals surface area contributed by atoms with Crippen molar-refractivity contribution >= 4 is 22.9 Å². The Balaban J connectivity index is 2.40. The van der Waals surface area contributed by atoms with Gasteiger partial charge in [-0.1, -0.05) is 12.1 Å². The number of nitrogens with zero attached hydrogens (tertiary/aromatic N) is 1. The minimum Gasteiger partial charge on any atom is -0.384 e. The van der Waals surface area contributed by atoms with Gasteiger partial charge in [0, 0.05) is 23.2 Å². The van der Waals surface area contributed by atoms with E-state index in [1.807, 2.05) is 19.2 Å². The molecular weight excluding hydrogens is 254 g/mol. The molecule has 3 nitrogen and oxygen atoms in total. The Morgan fingerprint density at radius 1 is 1.37 bits per heavy atom. The number of rotatable bonds is 4. The molecule has 0 radical (unpaired) electrons. The van der Waals surface area contributed by atoms with Crippen molar-refractivity contribution in [3.8, 4) is 0 Å². The highest BCUT2D eigenvalue weighted by Crippen LogP contribution is 2.30. The fraction of sp³-hybridized carbons (Fsp3) is 0.267. The van der Waals surface area contributed by atoms with Crippen molar-refractivity contribution in [3.05, 3.63) is 51.7 Å². The zero-order chi connectivity index (χ0) is 14.0. The number of nitrogen functional groups attached to an aromatic ring is 1. The van der Waals surface area contributed by atoms with Crippen LogP contribution in [0.1, 0.15) is 29.0 Å². The summed E-state index contributed by atoms with van der Waals surface area (Å²) in [6, 6.07) is 10.5. The average Bonchev–Trinajstić information content (AvgIpc) is 2.90. The van der Waals surface area contributed by atoms with Gasteiger partial charge in [0.1, 0.15) is 5.84 Å². The van der Waals surface area contributed by atoms with Gasteiger partial charge in [-0.3, -0.25) is 5.41 Å². The molecule has 0 amide bonds. The first kappa shape index (κ1) is 13.6. The highest BCUT2D eigenvalue weighted by molar-refractivity contribution is 7.10. The van der Waals surface area contributed by atoms with Crippen LogP contribution in [-0.4, -0.2) is 12.9 Å². The highest BCUT2D eigenvalue weighted by atomic mass is 32.1. The van der Waals surface area contributed by atoms with Gasteiger partial charge in [0.25, 0.3) is 0 Å². The summed E-state index contributed by atoms with van der Waals surface area (Å²) in [4.78, 5) is 3.48. The van der Waals surface area contributed by atoms with E-state index in [1.165, 1.54) is 10.4 Å². The second-order valence-electron chi connectivity index (χ2n) is 4.74. The molecule has 0 aliphatic rings. The zero-order valence-corrected chi connectivity index (χ0v) is 12.3. The number of thiophene rings is 1. The maximum Gasteiger partial charge on any atom is 0.124 e. The Hall–Kier alpha value is -1.81. The number of nitrogens with one attached hydrogen (secondary N) is 1. The molecule has 100 valence electrons. The van der Waals surface area contributed by atoms with Gasteiger partial charge in [-0.2, -0.15) is 0 Å². The van der Waals surface area contributed by atoms with Gasteiger partial charge < -0.3 is 10.6 Å². The van der Waals surface area contributed by atoms with Crippen molar-refractivity contribution in [3.63, 3.8) is 0 Å². The molecule has 2 rings (SSSR count). The van der Waals surface area contributed by atoms with E-state index in [0.717, 1.165) is 11.3 Å². The van der Waals surface area contributed by atoms with Gasteiger partial charge in [-0.25, -0.2) is 0 Å². The van der Waals surface area contributed by atoms with Crippen LogP contribution < -0.4 is 10.6 Å². The van der Waals surface area contributed by atoms with Crippen molar-refractivity contribution in [2.45, 2.75) is 19.9 Å². The number of amidine groups is 1. The van der Waals surface area contributed by atoms with E-state index in [4.69, 9.17) is 11.1 Å². The third kappa shape index (κ3) is 2.79. The van der Waals surface area contributed by atoms with E-state index in [1.54, 1.807) is 11.3 Å². The lowest BCUT2D eigenvalue weighted by atomic mass is 10.1. The van der Waals surface area contributed by atoms with Crippen LogP contribution in [0.3, 0.4) is 0 Å². The SMILES string of the molecule is Cc1ccc(C(=N)N)c(N(C)C(C)c2cccs2)c1. The van der Waals surface area contributed by atoms with Crippen molar-refractivity contribution in [2.75, 3.05) is 11.9 Å². The largest absolute Gasteiger partial charge is 0.384 e. The predicted molar refractivity (Wildman–Crippen MR) is 83.3 cm³/mol. The smallest absolute Gasteiger partial charge is 0.124 e. The number of aryl methyl sites for hydroxylation is 1. The Kier molecular flexibility index (Phi) is 3.90. The van der Waals surface area contributed by atoms with E-state index >= 15 is 0 Å². The molecule has 1 aromatic heterocycles. The number of benzene rings is 1. The van der Waals surface area contributed by atoms with E-state index in [2.05, 4.69) is 42.3 Å². The highest BCUT2D eigenvalue weighted by Gasteiger charge is 2.17. The first-order valence-corrected chi connectivity index (χ1v) is 7.10. The molecule has 0 saturated carbocycles. The lowest BCUT2D eigenvalue weighted by Crippen LogP contribution is -2.25. The molecule has 0 saturated heterocycles. The van der Waals surface area contributed by atoms with Crippen LogP contribution in [0, 0.1) is 12.3 Å². The van der Waals surface area contributed by atoms with E-state index in [9.17, 15) is 0 Å². The Morgan fingerprint density at radius 3 is 2.68 bits per heavy atom. The third-order valence-electron chi connectivity index (χ3n) is 3.36. The second kappa shape index (κ2) is 5.45. The molecule has 4 heteroatoms. The molecule has 0 spiro atoms. The van der Waals surface area contributed by atoms with Crippen LogP contribution in [0.2, 0.25) is 0 Å². The molecule has 1 atom stereocenters. The average molecular weight is 273 g/mol. The van der Waals surface area contributed by atoms with Crippen LogP contribution in [0.25, 0.3) is 0 Å². The molecule has 0 aliphatic carbocycles.